The smallest absolute Gasteiger partial charge is 0.168 e. The molecular weight excluding hydrogens is 190 g/mol. The summed E-state index contributed by atoms with van der Waals surface area (Å²) in [5, 5.41) is 3.25. The van der Waals surface area contributed by atoms with Crippen molar-refractivity contribution in [1.29, 1.82) is 0 Å². The SMILES string of the molecule is CN1CCC(CNc2nccnc2N)C1. The molecule has 5 nitrogen and oxygen atoms in total. The van der Waals surface area contributed by atoms with E-state index in [-0.39, 0.29) is 0 Å². The molecular formula is C10H17N5. The van der Waals surface area contributed by atoms with E-state index in [9.17, 15) is 0 Å². The number of nitrogens with two attached hydrogens (primary N) is 1. The van der Waals surface area contributed by atoms with Crippen molar-refractivity contribution in [3.63, 3.8) is 0 Å². The number of nitrogens with one attached hydrogen (secondary N) is 1. The Morgan fingerprint density at radius 1 is 1.53 bits per heavy atom. The van der Waals surface area contributed by atoms with Crippen LogP contribution in [0.4, 0.5) is 11.6 Å². The lowest BCUT2D eigenvalue weighted by atomic mass is 10.1. The van der Waals surface area contributed by atoms with Crippen molar-refractivity contribution in [2.24, 2.45) is 5.92 Å². The molecule has 0 amide bonds. The molecule has 1 fully saturated rings. The Hall–Kier alpha value is -1.36. The highest BCUT2D eigenvalue weighted by molar-refractivity contribution is 5.54. The molecule has 5 heteroatoms. The van der Waals surface area contributed by atoms with E-state index in [2.05, 4.69) is 27.2 Å². The summed E-state index contributed by atoms with van der Waals surface area (Å²) in [5.74, 6) is 1.87. The highest BCUT2D eigenvalue weighted by Crippen LogP contribution is 2.16. The largest absolute Gasteiger partial charge is 0.381 e. The van der Waals surface area contributed by atoms with E-state index in [1.807, 2.05) is 0 Å². The summed E-state index contributed by atoms with van der Waals surface area (Å²) < 4.78 is 0. The maximum absolute atomic E-state index is 5.69. The molecule has 0 aliphatic carbocycles. The fourth-order valence-electron chi connectivity index (χ4n) is 1.92. The van der Waals surface area contributed by atoms with Gasteiger partial charge in [-0.3, -0.25) is 0 Å². The van der Waals surface area contributed by atoms with E-state index >= 15 is 0 Å². The molecule has 0 spiro atoms. The van der Waals surface area contributed by atoms with Crippen molar-refractivity contribution in [2.45, 2.75) is 6.42 Å². The molecule has 1 aliphatic heterocycles. The minimum atomic E-state index is 0.476. The van der Waals surface area contributed by atoms with Crippen molar-refractivity contribution in [3.8, 4) is 0 Å². The number of likely N-dealkylation sites (tertiary alicyclic amines) is 1. The summed E-state index contributed by atoms with van der Waals surface area (Å²) in [6, 6.07) is 0. The van der Waals surface area contributed by atoms with Gasteiger partial charge in [0.15, 0.2) is 11.6 Å². The zero-order valence-electron chi connectivity index (χ0n) is 8.98. The van der Waals surface area contributed by atoms with Crippen LogP contribution < -0.4 is 11.1 Å². The van der Waals surface area contributed by atoms with Crippen molar-refractivity contribution in [1.82, 2.24) is 14.9 Å². The van der Waals surface area contributed by atoms with Gasteiger partial charge in [0.05, 0.1) is 0 Å². The molecule has 1 aliphatic rings. The van der Waals surface area contributed by atoms with Crippen LogP contribution in [0.15, 0.2) is 12.4 Å². The van der Waals surface area contributed by atoms with Crippen LogP contribution in [-0.4, -0.2) is 41.5 Å². The average molecular weight is 207 g/mol. The molecule has 0 aromatic carbocycles. The summed E-state index contributed by atoms with van der Waals surface area (Å²) in [6.07, 6.45) is 4.49. The predicted molar refractivity (Wildman–Crippen MR) is 60.5 cm³/mol. The molecule has 3 N–H and O–H groups in total. The lowest BCUT2D eigenvalue weighted by molar-refractivity contribution is 0.399. The van der Waals surface area contributed by atoms with Crippen LogP contribution in [0.25, 0.3) is 0 Å². The summed E-state index contributed by atoms with van der Waals surface area (Å²) >= 11 is 0. The summed E-state index contributed by atoms with van der Waals surface area (Å²) in [5.41, 5.74) is 5.69. The fraction of sp³-hybridized carbons (Fsp3) is 0.600. The second kappa shape index (κ2) is 4.44. The normalized spacial score (nSPS) is 21.8. The van der Waals surface area contributed by atoms with Gasteiger partial charge in [0.1, 0.15) is 0 Å². The zero-order chi connectivity index (χ0) is 10.7. The van der Waals surface area contributed by atoms with E-state index < -0.39 is 0 Å². The van der Waals surface area contributed by atoms with Gasteiger partial charge in [-0.1, -0.05) is 0 Å². The van der Waals surface area contributed by atoms with E-state index in [4.69, 9.17) is 5.73 Å². The van der Waals surface area contributed by atoms with Crippen molar-refractivity contribution < 1.29 is 0 Å². The van der Waals surface area contributed by atoms with E-state index in [1.54, 1.807) is 12.4 Å². The molecule has 0 radical (unpaired) electrons. The Bertz CT molecular complexity index is 327. The first-order chi connectivity index (χ1) is 7.25. The van der Waals surface area contributed by atoms with Gasteiger partial charge in [-0.05, 0) is 25.9 Å². The second-order valence-corrected chi connectivity index (χ2v) is 4.09. The molecule has 0 saturated carbocycles. The molecule has 1 aromatic rings. The molecule has 2 heterocycles. The van der Waals surface area contributed by atoms with Gasteiger partial charge >= 0.3 is 0 Å². The number of nitrogen functional groups attached to an aromatic ring is 1. The number of hydrogen-bond acceptors (Lipinski definition) is 5. The second-order valence-electron chi connectivity index (χ2n) is 4.09. The van der Waals surface area contributed by atoms with Gasteiger partial charge in [-0.25, -0.2) is 9.97 Å². The van der Waals surface area contributed by atoms with E-state index in [1.165, 1.54) is 13.0 Å². The molecule has 1 atom stereocenters. The standard InChI is InChI=1S/C10H17N5/c1-15-5-2-8(7-15)6-14-10-9(11)12-3-4-13-10/h3-4,8H,2,5-7H2,1H3,(H2,11,12)(H,13,14). The topological polar surface area (TPSA) is 67.1 Å². The Labute approximate surface area is 89.7 Å². The summed E-state index contributed by atoms with van der Waals surface area (Å²) in [7, 11) is 2.15. The first-order valence-corrected chi connectivity index (χ1v) is 5.24. The van der Waals surface area contributed by atoms with Crippen LogP contribution in [0.5, 0.6) is 0 Å². The number of anilines is 2. The molecule has 1 saturated heterocycles. The van der Waals surface area contributed by atoms with Crippen molar-refractivity contribution in [3.05, 3.63) is 12.4 Å². The predicted octanol–water partition coefficient (Wildman–Crippen LogP) is 0.422. The maximum atomic E-state index is 5.69. The van der Waals surface area contributed by atoms with Crippen molar-refractivity contribution >= 4 is 11.6 Å². The van der Waals surface area contributed by atoms with Gasteiger partial charge in [0, 0.05) is 25.5 Å². The van der Waals surface area contributed by atoms with E-state index in [0.717, 1.165) is 13.1 Å². The highest BCUT2D eigenvalue weighted by Gasteiger charge is 2.19. The van der Waals surface area contributed by atoms with Gasteiger partial charge in [0.25, 0.3) is 0 Å². The number of aromatic nitrogens is 2. The summed E-state index contributed by atoms with van der Waals surface area (Å²) in [4.78, 5) is 10.5. The first-order valence-electron chi connectivity index (χ1n) is 5.24. The quantitative estimate of drug-likeness (QED) is 0.752. The molecule has 15 heavy (non-hydrogen) atoms. The minimum Gasteiger partial charge on any atom is -0.381 e. The van der Waals surface area contributed by atoms with Crippen LogP contribution >= 0.6 is 0 Å². The molecule has 0 bridgehead atoms. The lowest BCUT2D eigenvalue weighted by Gasteiger charge is -2.12. The Morgan fingerprint density at radius 3 is 3.00 bits per heavy atom. The minimum absolute atomic E-state index is 0.476. The van der Waals surface area contributed by atoms with Crippen LogP contribution in [-0.2, 0) is 0 Å². The monoisotopic (exact) mass is 207 g/mol. The van der Waals surface area contributed by atoms with Gasteiger partial charge in [-0.15, -0.1) is 0 Å². The van der Waals surface area contributed by atoms with Crippen LogP contribution in [0.1, 0.15) is 6.42 Å². The third kappa shape index (κ3) is 2.56. The van der Waals surface area contributed by atoms with Crippen molar-refractivity contribution in [2.75, 3.05) is 37.7 Å². The molecule has 1 unspecified atom stereocenters. The maximum Gasteiger partial charge on any atom is 0.168 e. The highest BCUT2D eigenvalue weighted by atomic mass is 15.1. The third-order valence-electron chi connectivity index (χ3n) is 2.77. The van der Waals surface area contributed by atoms with E-state index in [0.29, 0.717) is 17.6 Å². The Kier molecular flexibility index (Phi) is 3.01. The van der Waals surface area contributed by atoms with Gasteiger partial charge in [-0.2, -0.15) is 0 Å². The zero-order valence-corrected chi connectivity index (χ0v) is 8.98. The third-order valence-corrected chi connectivity index (χ3v) is 2.77. The first kappa shape index (κ1) is 10.2. The molecule has 1 aromatic heterocycles. The fourth-order valence-corrected chi connectivity index (χ4v) is 1.92. The number of rotatable bonds is 3. The van der Waals surface area contributed by atoms with Crippen LogP contribution in [0.2, 0.25) is 0 Å². The molecule has 82 valence electrons. The van der Waals surface area contributed by atoms with Crippen LogP contribution in [0.3, 0.4) is 0 Å². The number of nitrogens with zero attached hydrogens (tertiary/aromatic N) is 3. The van der Waals surface area contributed by atoms with Gasteiger partial charge < -0.3 is 16.0 Å². The Balaban J connectivity index is 1.86. The summed E-state index contributed by atoms with van der Waals surface area (Å²) in [6.45, 7) is 3.25. The Morgan fingerprint density at radius 2 is 2.33 bits per heavy atom. The van der Waals surface area contributed by atoms with Crippen LogP contribution in [0, 0.1) is 5.92 Å². The number of hydrogen-bond donors (Lipinski definition) is 2. The van der Waals surface area contributed by atoms with Gasteiger partial charge in [0.2, 0.25) is 0 Å². The lowest BCUT2D eigenvalue weighted by Crippen LogP contribution is -2.20. The molecule has 2 rings (SSSR count). The average Bonchev–Trinajstić information content (AvgIpc) is 2.63.